The van der Waals surface area contributed by atoms with Crippen LogP contribution >= 0.6 is 0 Å². The lowest BCUT2D eigenvalue weighted by molar-refractivity contribution is -0.261. The van der Waals surface area contributed by atoms with Gasteiger partial charge in [0.15, 0.2) is 23.6 Å². The van der Waals surface area contributed by atoms with E-state index in [0.29, 0.717) is 6.42 Å². The fourth-order valence-corrected chi connectivity index (χ4v) is 10.3. The smallest absolute Gasteiger partial charge is 0.309 e. The molecule has 14 heteroatoms. The van der Waals surface area contributed by atoms with Crippen LogP contribution in [0.25, 0.3) is 0 Å². The molecule has 0 amide bonds. The van der Waals surface area contributed by atoms with Crippen molar-refractivity contribution >= 4 is 41.6 Å². The van der Waals surface area contributed by atoms with Crippen molar-refractivity contribution in [3.63, 3.8) is 0 Å². The van der Waals surface area contributed by atoms with E-state index in [0.717, 1.165) is 6.92 Å². The third-order valence-electron chi connectivity index (χ3n) is 11.8. The van der Waals surface area contributed by atoms with Gasteiger partial charge in [-0.05, 0) is 39.0 Å². The van der Waals surface area contributed by atoms with E-state index in [2.05, 4.69) is 0 Å². The van der Waals surface area contributed by atoms with E-state index in [1.54, 1.807) is 27.7 Å². The van der Waals surface area contributed by atoms with Crippen LogP contribution in [0.4, 0.5) is 0 Å². The van der Waals surface area contributed by atoms with Gasteiger partial charge < -0.3 is 33.2 Å². The van der Waals surface area contributed by atoms with Gasteiger partial charge in [-0.25, -0.2) is 0 Å². The van der Waals surface area contributed by atoms with Crippen LogP contribution in [-0.4, -0.2) is 89.4 Å². The van der Waals surface area contributed by atoms with Crippen LogP contribution < -0.4 is 0 Å². The van der Waals surface area contributed by atoms with E-state index in [9.17, 15) is 28.8 Å². The molecule has 0 radical (unpaired) electrons. The highest BCUT2D eigenvalue weighted by molar-refractivity contribution is 5.95. The summed E-state index contributed by atoms with van der Waals surface area (Å²) < 4.78 is 43.0. The van der Waals surface area contributed by atoms with Gasteiger partial charge in [0.2, 0.25) is 0 Å². The molecule has 5 fully saturated rings. The van der Waals surface area contributed by atoms with E-state index in [1.165, 1.54) is 27.7 Å². The Morgan fingerprint density at radius 2 is 1.41 bits per heavy atom. The molecule has 5 aliphatic rings. The Bertz CT molecular complexity index is 1460. The van der Waals surface area contributed by atoms with E-state index >= 15 is 4.79 Å². The van der Waals surface area contributed by atoms with Gasteiger partial charge in [0.25, 0.3) is 0 Å². The summed E-state index contributed by atoms with van der Waals surface area (Å²) in [6.45, 7) is 14.2. The van der Waals surface area contributed by atoms with Crippen LogP contribution in [0.3, 0.4) is 0 Å². The predicted molar refractivity (Wildman–Crippen MR) is 165 cm³/mol. The highest BCUT2D eigenvalue weighted by Gasteiger charge is 2.86. The van der Waals surface area contributed by atoms with Crippen molar-refractivity contribution in [2.75, 3.05) is 6.61 Å². The molecule has 2 unspecified atom stereocenters. The number of rotatable bonds is 8. The monoisotopic (exact) mass is 692 g/mol. The maximum absolute atomic E-state index is 15.4. The summed E-state index contributed by atoms with van der Waals surface area (Å²) in [5.74, 6) is -9.53. The first kappa shape index (κ1) is 36.7. The van der Waals surface area contributed by atoms with Crippen molar-refractivity contribution in [3.8, 4) is 0 Å². The van der Waals surface area contributed by atoms with Gasteiger partial charge in [0.05, 0.1) is 23.9 Å². The summed E-state index contributed by atoms with van der Waals surface area (Å²) in [4.78, 5) is 93.1. The Labute approximate surface area is 285 Å². The highest BCUT2D eigenvalue weighted by Crippen LogP contribution is 2.73. The number of carbonyl (C=O) groups is 7. The molecule has 4 saturated carbocycles. The standard InChI is InChI=1S/C35H48O14/c1-11-15(2)30(42)47-26-22-13-32(9,48-20(7)39)23(22)27-33(10)31(46-19(6)38)35(49-21(8)40)12-16(3)25(44-17(4)36)24(35)29(45-18(5)37)34(27,14-43-33)28(26)41/h15-16,22-27,29,31H,11-14H2,1-10H3/t15?,16-,22+,23-,24+,25-,26+,27?,29+,31-,32-,33-,34-,35+/m0/s1. The van der Waals surface area contributed by atoms with Gasteiger partial charge in [-0.1, -0.05) is 20.8 Å². The lowest BCUT2D eigenvalue weighted by atomic mass is 9.42. The number of hydrogen-bond donors (Lipinski definition) is 0. The number of ether oxygens (including phenoxy) is 7. The average Bonchev–Trinajstić information content (AvgIpc) is 3.40. The van der Waals surface area contributed by atoms with E-state index in [-0.39, 0.29) is 19.4 Å². The maximum Gasteiger partial charge on any atom is 0.309 e. The Balaban J connectivity index is 1.87. The number of fused-ring (bicyclic) bond motifs is 2. The minimum absolute atomic E-state index is 0.0252. The van der Waals surface area contributed by atoms with Gasteiger partial charge in [-0.15, -0.1) is 0 Å². The zero-order chi connectivity index (χ0) is 36.6. The van der Waals surface area contributed by atoms with Gasteiger partial charge in [-0.3, -0.25) is 33.6 Å². The zero-order valence-electron chi connectivity index (χ0n) is 29.8. The highest BCUT2D eigenvalue weighted by atomic mass is 16.6. The quantitative estimate of drug-likeness (QED) is 0.267. The second-order valence-electron chi connectivity index (χ2n) is 15.2. The minimum atomic E-state index is -1.84. The summed E-state index contributed by atoms with van der Waals surface area (Å²) in [5.41, 5.74) is -6.53. The van der Waals surface area contributed by atoms with Crippen molar-refractivity contribution in [3.05, 3.63) is 0 Å². The van der Waals surface area contributed by atoms with E-state index < -0.39 is 124 Å². The molecule has 1 aliphatic heterocycles. The molecule has 1 saturated heterocycles. The lowest BCUT2D eigenvalue weighted by Gasteiger charge is -2.64. The lowest BCUT2D eigenvalue weighted by Crippen LogP contribution is -2.75. The van der Waals surface area contributed by atoms with E-state index in [4.69, 9.17) is 33.2 Å². The van der Waals surface area contributed by atoms with Crippen LogP contribution in [0.5, 0.6) is 0 Å². The molecule has 4 aliphatic carbocycles. The van der Waals surface area contributed by atoms with E-state index in [1.807, 2.05) is 6.92 Å². The molecule has 0 spiro atoms. The fraction of sp³-hybridized carbons (Fsp3) is 0.800. The van der Waals surface area contributed by atoms with Crippen molar-refractivity contribution in [2.24, 2.45) is 40.9 Å². The van der Waals surface area contributed by atoms with Crippen molar-refractivity contribution in [1.29, 1.82) is 0 Å². The molecule has 14 atom stereocenters. The Morgan fingerprint density at radius 1 is 0.816 bits per heavy atom. The predicted octanol–water partition coefficient (Wildman–Crippen LogP) is 2.64. The number of hydrogen-bond acceptors (Lipinski definition) is 14. The van der Waals surface area contributed by atoms with Gasteiger partial charge in [-0.2, -0.15) is 0 Å². The third-order valence-corrected chi connectivity index (χ3v) is 11.8. The summed E-state index contributed by atoms with van der Waals surface area (Å²) in [6.07, 6.45) is -4.79. The molecule has 14 nitrogen and oxygen atoms in total. The molecular weight excluding hydrogens is 644 g/mol. The molecule has 0 aromatic carbocycles. The van der Waals surface area contributed by atoms with Crippen LogP contribution in [-0.2, 0) is 66.7 Å². The van der Waals surface area contributed by atoms with Crippen LogP contribution in [0, 0.1) is 40.9 Å². The number of ketones is 1. The van der Waals surface area contributed by atoms with Crippen LogP contribution in [0.2, 0.25) is 0 Å². The maximum atomic E-state index is 15.4. The third kappa shape index (κ3) is 5.43. The number of Topliss-reactive ketones (excluding diaryl/α,β-unsaturated/α-hetero) is 1. The van der Waals surface area contributed by atoms with Gasteiger partial charge >= 0.3 is 35.8 Å². The molecule has 49 heavy (non-hydrogen) atoms. The molecule has 2 bridgehead atoms. The molecule has 5 rings (SSSR count). The first-order valence-corrected chi connectivity index (χ1v) is 17.0. The van der Waals surface area contributed by atoms with Crippen molar-refractivity contribution in [2.45, 2.75) is 130 Å². The van der Waals surface area contributed by atoms with Crippen molar-refractivity contribution < 1.29 is 66.7 Å². The molecule has 0 N–H and O–H groups in total. The number of esters is 6. The normalized spacial score (nSPS) is 43.6. The molecular formula is C35H48O14. The van der Waals surface area contributed by atoms with Crippen LogP contribution in [0.1, 0.15) is 88.5 Å². The minimum Gasteiger partial charge on any atom is -0.462 e. The first-order valence-electron chi connectivity index (χ1n) is 17.0. The summed E-state index contributed by atoms with van der Waals surface area (Å²) in [6, 6.07) is 0. The summed E-state index contributed by atoms with van der Waals surface area (Å²) >= 11 is 0. The average molecular weight is 693 g/mol. The zero-order valence-corrected chi connectivity index (χ0v) is 29.8. The SMILES string of the molecule is CCC(C)C(=O)O[C@H]1C(=O)[C@]23CO[C@@](C)(C2[C@@H]2[C@H]1C[C@]2(C)OC(C)=O)[C@H](OC(C)=O)[C@@]1(OC(C)=O)C[C@H](C)[C@H](OC(C)=O)[C@@H]1[C@H]3OC(C)=O. The first-order chi connectivity index (χ1) is 22.7. The number of carbonyl (C=O) groups excluding carboxylic acids is 7. The van der Waals surface area contributed by atoms with Crippen molar-refractivity contribution in [1.82, 2.24) is 0 Å². The largest absolute Gasteiger partial charge is 0.462 e. The molecule has 0 aromatic heterocycles. The molecule has 1 heterocycles. The topological polar surface area (TPSA) is 184 Å². The summed E-state index contributed by atoms with van der Waals surface area (Å²) in [5, 5.41) is 0. The Hall–Kier alpha value is -3.55. The molecule has 272 valence electrons. The summed E-state index contributed by atoms with van der Waals surface area (Å²) in [7, 11) is 0. The second kappa shape index (κ2) is 12.3. The second-order valence-corrected chi connectivity index (χ2v) is 15.2. The van der Waals surface area contributed by atoms with Gasteiger partial charge in [0.1, 0.15) is 23.4 Å². The van der Waals surface area contributed by atoms with Gasteiger partial charge in [0, 0.05) is 52.4 Å². The van der Waals surface area contributed by atoms with Crippen LogP contribution in [0.15, 0.2) is 0 Å². The Kier molecular flexibility index (Phi) is 9.25. The Morgan fingerprint density at radius 3 is 1.94 bits per heavy atom. The fourth-order valence-electron chi connectivity index (χ4n) is 10.3. The molecule has 0 aromatic rings.